The third kappa shape index (κ3) is 3.30. The van der Waals surface area contributed by atoms with Crippen LogP contribution in [0.4, 0.5) is 0 Å². The van der Waals surface area contributed by atoms with Gasteiger partial charge in [-0.1, -0.05) is 49.9 Å². The molecule has 5 heteroatoms. The zero-order valence-corrected chi connectivity index (χ0v) is 14.1. The number of nitrogens with zero attached hydrogens (tertiary/aromatic N) is 2. The molecule has 1 aliphatic rings. The molecule has 3 atom stereocenters. The molecule has 1 aliphatic carbocycles. The maximum absolute atomic E-state index is 4.35. The molecule has 0 radical (unpaired) electrons. The first-order chi connectivity index (χ1) is 10.3. The van der Waals surface area contributed by atoms with Crippen molar-refractivity contribution in [2.75, 3.05) is 6.54 Å². The van der Waals surface area contributed by atoms with E-state index in [2.05, 4.69) is 52.8 Å². The fourth-order valence-corrected chi connectivity index (χ4v) is 5.14. The predicted molar refractivity (Wildman–Crippen MR) is 90.1 cm³/mol. The van der Waals surface area contributed by atoms with Crippen LogP contribution in [0.25, 0.3) is 0 Å². The number of nitrogens with one attached hydrogen (secondary N) is 1. The molecule has 1 heterocycles. The highest BCUT2D eigenvalue weighted by Gasteiger charge is 2.33. The van der Waals surface area contributed by atoms with Crippen molar-refractivity contribution in [3.8, 4) is 0 Å². The highest BCUT2D eigenvalue weighted by molar-refractivity contribution is 8.01. The number of hydrogen-bond donors (Lipinski definition) is 1. The van der Waals surface area contributed by atoms with Gasteiger partial charge in [0.15, 0.2) is 4.34 Å². The number of hydrogen-bond acceptors (Lipinski definition) is 5. The van der Waals surface area contributed by atoms with Crippen LogP contribution in [0.5, 0.6) is 0 Å². The lowest BCUT2D eigenvalue weighted by Crippen LogP contribution is -2.35. The molecular formula is C16H21N3S2. The van der Waals surface area contributed by atoms with Crippen molar-refractivity contribution < 1.29 is 0 Å². The molecule has 1 aromatic heterocycles. The Morgan fingerprint density at radius 2 is 2.14 bits per heavy atom. The Bertz CT molecular complexity index is 571. The summed E-state index contributed by atoms with van der Waals surface area (Å²) < 4.78 is 5.21. The summed E-state index contributed by atoms with van der Waals surface area (Å²) in [5.74, 6) is 0.603. The van der Waals surface area contributed by atoms with Gasteiger partial charge in [-0.25, -0.2) is 4.98 Å². The van der Waals surface area contributed by atoms with Gasteiger partial charge in [0.05, 0.1) is 0 Å². The fourth-order valence-electron chi connectivity index (χ4n) is 3.06. The van der Waals surface area contributed by atoms with Crippen molar-refractivity contribution in [3.63, 3.8) is 0 Å². The first kappa shape index (κ1) is 15.0. The normalized spacial score (nSPS) is 24.8. The number of benzene rings is 1. The van der Waals surface area contributed by atoms with E-state index in [4.69, 9.17) is 0 Å². The maximum atomic E-state index is 4.35. The Balaban J connectivity index is 1.88. The second-order valence-electron chi connectivity index (χ2n) is 5.56. The fraction of sp³-hybridized carbons (Fsp3) is 0.500. The van der Waals surface area contributed by atoms with Crippen molar-refractivity contribution in [3.05, 3.63) is 41.7 Å². The monoisotopic (exact) mass is 319 g/mol. The highest BCUT2D eigenvalue weighted by Crippen LogP contribution is 2.44. The first-order valence-electron chi connectivity index (χ1n) is 7.55. The predicted octanol–water partition coefficient (Wildman–Crippen LogP) is 4.25. The minimum atomic E-state index is 0.409. The summed E-state index contributed by atoms with van der Waals surface area (Å²) in [6.07, 6.45) is 3.99. The number of thioether (sulfide) groups is 1. The Kier molecular flexibility index (Phi) is 4.93. The van der Waals surface area contributed by atoms with Crippen LogP contribution in [-0.2, 0) is 0 Å². The van der Waals surface area contributed by atoms with Crippen LogP contribution in [0, 0.1) is 0 Å². The van der Waals surface area contributed by atoms with Crippen LogP contribution >= 0.6 is 23.3 Å². The molecule has 1 N–H and O–H groups in total. The Morgan fingerprint density at radius 3 is 2.86 bits per heavy atom. The zero-order valence-electron chi connectivity index (χ0n) is 12.5. The van der Waals surface area contributed by atoms with Crippen LogP contribution in [0.2, 0.25) is 0 Å². The lowest BCUT2D eigenvalue weighted by atomic mass is 9.80. The van der Waals surface area contributed by atoms with Gasteiger partial charge in [-0.2, -0.15) is 4.37 Å². The average Bonchev–Trinajstić information content (AvgIpc) is 3.00. The highest BCUT2D eigenvalue weighted by atomic mass is 32.2. The van der Waals surface area contributed by atoms with Crippen molar-refractivity contribution in [2.45, 2.75) is 48.2 Å². The van der Waals surface area contributed by atoms with Gasteiger partial charge in [0.25, 0.3) is 0 Å². The van der Waals surface area contributed by atoms with Crippen LogP contribution in [0.15, 0.2) is 34.9 Å². The van der Waals surface area contributed by atoms with Crippen LogP contribution in [0.1, 0.15) is 49.8 Å². The smallest absolute Gasteiger partial charge is 0.170 e. The Morgan fingerprint density at radius 1 is 1.33 bits per heavy atom. The molecule has 0 spiro atoms. The lowest BCUT2D eigenvalue weighted by molar-refractivity contribution is 0.444. The van der Waals surface area contributed by atoms with Crippen LogP contribution < -0.4 is 5.32 Å². The van der Waals surface area contributed by atoms with Gasteiger partial charge in [-0.15, -0.1) is 0 Å². The van der Waals surface area contributed by atoms with E-state index in [0.717, 1.165) is 17.3 Å². The number of aromatic nitrogens is 2. The van der Waals surface area contributed by atoms with Gasteiger partial charge >= 0.3 is 0 Å². The molecule has 21 heavy (non-hydrogen) atoms. The molecule has 0 saturated heterocycles. The van der Waals surface area contributed by atoms with Crippen molar-refractivity contribution in [1.29, 1.82) is 0 Å². The summed E-state index contributed by atoms with van der Waals surface area (Å²) in [7, 11) is 0. The maximum Gasteiger partial charge on any atom is 0.170 e. The minimum absolute atomic E-state index is 0.409. The molecule has 0 saturated carbocycles. The molecule has 112 valence electrons. The molecule has 0 fully saturated rings. The zero-order chi connectivity index (χ0) is 14.7. The van der Waals surface area contributed by atoms with Gasteiger partial charge in [-0.3, -0.25) is 0 Å². The van der Waals surface area contributed by atoms with Crippen molar-refractivity contribution in [2.24, 2.45) is 0 Å². The van der Waals surface area contributed by atoms with Gasteiger partial charge in [0.1, 0.15) is 6.33 Å². The van der Waals surface area contributed by atoms with Crippen LogP contribution in [-0.4, -0.2) is 21.2 Å². The van der Waals surface area contributed by atoms with Gasteiger partial charge in [-0.05, 0) is 48.0 Å². The van der Waals surface area contributed by atoms with E-state index >= 15 is 0 Å². The summed E-state index contributed by atoms with van der Waals surface area (Å²) in [6.45, 7) is 5.61. The van der Waals surface area contributed by atoms with Gasteiger partial charge in [0, 0.05) is 11.3 Å². The van der Waals surface area contributed by atoms with Crippen LogP contribution in [0.3, 0.4) is 0 Å². The molecule has 1 aromatic carbocycles. The van der Waals surface area contributed by atoms with Gasteiger partial charge < -0.3 is 5.32 Å². The molecular weight excluding hydrogens is 298 g/mol. The summed E-state index contributed by atoms with van der Waals surface area (Å²) in [4.78, 5) is 4.35. The minimum Gasteiger partial charge on any atom is -0.309 e. The first-order valence-corrected chi connectivity index (χ1v) is 9.20. The largest absolute Gasteiger partial charge is 0.309 e. The van der Waals surface area contributed by atoms with E-state index in [9.17, 15) is 0 Å². The van der Waals surface area contributed by atoms with Gasteiger partial charge in [0.2, 0.25) is 0 Å². The number of rotatable bonds is 5. The Labute approximate surface area is 134 Å². The summed E-state index contributed by atoms with van der Waals surface area (Å²) in [5, 5.41) is 4.27. The summed E-state index contributed by atoms with van der Waals surface area (Å²) in [5.41, 5.74) is 2.96. The molecule has 0 bridgehead atoms. The van der Waals surface area contributed by atoms with E-state index in [1.54, 1.807) is 6.33 Å². The third-order valence-corrected chi connectivity index (χ3v) is 6.08. The molecule has 3 rings (SSSR count). The van der Waals surface area contributed by atoms with Crippen molar-refractivity contribution in [1.82, 2.24) is 14.7 Å². The quantitative estimate of drug-likeness (QED) is 0.894. The van der Waals surface area contributed by atoms with E-state index < -0.39 is 0 Å². The topological polar surface area (TPSA) is 37.8 Å². The standard InChI is InChI=1S/C16H21N3S2/c1-3-8-17-15-13-7-5-4-6-12(13)11(2)9-14(15)20-16-18-10-19-21-16/h4-7,10-11,14-15,17H,3,8-9H2,1-2H3. The van der Waals surface area contributed by atoms with E-state index in [1.807, 2.05) is 11.8 Å². The van der Waals surface area contributed by atoms with E-state index in [0.29, 0.717) is 17.2 Å². The lowest BCUT2D eigenvalue weighted by Gasteiger charge is -2.36. The average molecular weight is 319 g/mol. The summed E-state index contributed by atoms with van der Waals surface area (Å²) in [6, 6.07) is 9.29. The molecule has 3 unspecified atom stereocenters. The van der Waals surface area contributed by atoms with E-state index in [1.165, 1.54) is 29.1 Å². The molecule has 0 aliphatic heterocycles. The molecule has 0 amide bonds. The second kappa shape index (κ2) is 6.90. The third-order valence-electron chi connectivity index (χ3n) is 4.03. The molecule has 3 nitrogen and oxygen atoms in total. The summed E-state index contributed by atoms with van der Waals surface area (Å²) >= 11 is 3.38. The van der Waals surface area contributed by atoms with E-state index in [-0.39, 0.29) is 0 Å². The Hall–Kier alpha value is -0.910. The molecule has 2 aromatic rings. The number of fused-ring (bicyclic) bond motifs is 1. The second-order valence-corrected chi connectivity index (χ2v) is 7.83. The SMILES string of the molecule is CCCNC1c2ccccc2C(C)CC1Sc1ncns1. The van der Waals surface area contributed by atoms with Crippen molar-refractivity contribution >= 4 is 23.3 Å².